The second-order valence-corrected chi connectivity index (χ2v) is 9.44. The lowest BCUT2D eigenvalue weighted by Gasteiger charge is -2.42. The van der Waals surface area contributed by atoms with Gasteiger partial charge in [0.05, 0.1) is 26.3 Å². The molecule has 30 heavy (non-hydrogen) atoms. The van der Waals surface area contributed by atoms with Gasteiger partial charge in [-0.1, -0.05) is 30.3 Å². The largest absolute Gasteiger partial charge is 0.347 e. The maximum Gasteiger partial charge on any atom is 0.246 e. The van der Waals surface area contributed by atoms with Gasteiger partial charge in [0, 0.05) is 25.2 Å². The fourth-order valence-electron chi connectivity index (χ4n) is 3.92. The van der Waals surface area contributed by atoms with E-state index < -0.39 is 21.6 Å². The Morgan fingerprint density at radius 2 is 1.60 bits per heavy atom. The number of rotatable bonds is 4. The van der Waals surface area contributed by atoms with Crippen LogP contribution in [0.1, 0.15) is 12.0 Å². The molecule has 0 aromatic heterocycles. The molecule has 9 heteroatoms. The highest BCUT2D eigenvalue weighted by molar-refractivity contribution is 7.89. The number of sulfonamides is 1. The topological polar surface area (TPSA) is 59.1 Å². The van der Waals surface area contributed by atoms with E-state index in [0.717, 1.165) is 6.07 Å². The van der Waals surface area contributed by atoms with Crippen LogP contribution >= 0.6 is 0 Å². The first kappa shape index (κ1) is 21.3. The number of hydrogen-bond acceptors (Lipinski definition) is 5. The molecule has 2 aromatic carbocycles. The number of hydrogen-bond donors (Lipinski definition) is 0. The second-order valence-electron chi connectivity index (χ2n) is 7.53. The van der Waals surface area contributed by atoms with Gasteiger partial charge in [0.1, 0.15) is 16.5 Å². The summed E-state index contributed by atoms with van der Waals surface area (Å²) in [7, 11) is -4.04. The summed E-state index contributed by atoms with van der Waals surface area (Å²) in [6.45, 7) is 1.88. The number of ether oxygens (including phenoxy) is 2. The van der Waals surface area contributed by atoms with E-state index in [9.17, 15) is 17.2 Å². The average Bonchev–Trinajstić information content (AvgIpc) is 2.92. The highest BCUT2D eigenvalue weighted by Gasteiger charge is 2.44. The Hall–Kier alpha value is -1.91. The van der Waals surface area contributed by atoms with Crippen molar-refractivity contribution in [1.29, 1.82) is 0 Å². The predicted octanol–water partition coefficient (Wildman–Crippen LogP) is 2.60. The van der Waals surface area contributed by atoms with Crippen LogP contribution in [0, 0.1) is 11.6 Å². The molecule has 6 nitrogen and oxygen atoms in total. The SMILES string of the molecule is O=S(=O)(c1ccccc1F)N1CCOC2(CN(Cc3ccccc3F)CCCO2)C1. The first-order valence-electron chi connectivity index (χ1n) is 9.88. The van der Waals surface area contributed by atoms with Gasteiger partial charge in [-0.05, 0) is 24.6 Å². The molecule has 1 spiro atoms. The Morgan fingerprint density at radius 1 is 0.900 bits per heavy atom. The second kappa shape index (κ2) is 8.68. The molecule has 2 aliphatic heterocycles. The smallest absolute Gasteiger partial charge is 0.246 e. The van der Waals surface area contributed by atoms with Crippen molar-refractivity contribution in [3.8, 4) is 0 Å². The van der Waals surface area contributed by atoms with E-state index in [1.54, 1.807) is 18.2 Å². The maximum absolute atomic E-state index is 14.2. The van der Waals surface area contributed by atoms with Crippen LogP contribution in [0.4, 0.5) is 8.78 Å². The highest BCUT2D eigenvalue weighted by atomic mass is 32.2. The van der Waals surface area contributed by atoms with E-state index >= 15 is 0 Å². The summed E-state index contributed by atoms with van der Waals surface area (Å²) >= 11 is 0. The third kappa shape index (κ3) is 4.40. The molecule has 2 saturated heterocycles. The molecule has 2 aromatic rings. The molecular weight excluding hydrogens is 414 g/mol. The lowest BCUT2D eigenvalue weighted by molar-refractivity contribution is -0.257. The fraction of sp³-hybridized carbons (Fsp3) is 0.429. The maximum atomic E-state index is 14.2. The van der Waals surface area contributed by atoms with Gasteiger partial charge in [-0.2, -0.15) is 4.31 Å². The third-order valence-electron chi connectivity index (χ3n) is 5.38. The van der Waals surface area contributed by atoms with E-state index in [1.807, 2.05) is 4.90 Å². The standard InChI is InChI=1S/C21H24F2N2O4S/c22-18-7-2-1-6-17(18)14-24-10-5-12-28-21(15-24)16-25(11-13-29-21)30(26,27)20-9-4-3-8-19(20)23/h1-4,6-9H,5,10-16H2. The summed E-state index contributed by atoms with van der Waals surface area (Å²) in [6, 6.07) is 11.9. The lowest BCUT2D eigenvalue weighted by atomic mass is 10.1. The Morgan fingerprint density at radius 3 is 2.37 bits per heavy atom. The molecule has 2 heterocycles. The molecule has 0 radical (unpaired) electrons. The van der Waals surface area contributed by atoms with Crippen LogP contribution in [0.25, 0.3) is 0 Å². The Labute approximate surface area is 175 Å². The van der Waals surface area contributed by atoms with E-state index in [1.165, 1.54) is 28.6 Å². The molecular formula is C21H24F2N2O4S. The zero-order valence-electron chi connectivity index (χ0n) is 16.5. The molecule has 0 aliphatic carbocycles. The van der Waals surface area contributed by atoms with Crippen LogP contribution in [-0.2, 0) is 26.0 Å². The number of morpholine rings is 1. The summed E-state index contributed by atoms with van der Waals surface area (Å²) in [5, 5.41) is 0. The number of nitrogens with zero attached hydrogens (tertiary/aromatic N) is 2. The van der Waals surface area contributed by atoms with Gasteiger partial charge in [0.2, 0.25) is 10.0 Å². The molecule has 0 bridgehead atoms. The van der Waals surface area contributed by atoms with Gasteiger partial charge in [-0.15, -0.1) is 0 Å². The molecule has 1 unspecified atom stereocenters. The lowest BCUT2D eigenvalue weighted by Crippen LogP contribution is -2.59. The highest BCUT2D eigenvalue weighted by Crippen LogP contribution is 2.29. The minimum absolute atomic E-state index is 0.0581. The fourth-order valence-corrected chi connectivity index (χ4v) is 5.45. The first-order valence-corrected chi connectivity index (χ1v) is 11.3. The Bertz CT molecular complexity index is 1000. The van der Waals surface area contributed by atoms with E-state index in [4.69, 9.17) is 9.47 Å². The van der Waals surface area contributed by atoms with Crippen molar-refractivity contribution < 1.29 is 26.7 Å². The van der Waals surface area contributed by atoms with E-state index in [-0.39, 0.29) is 37.0 Å². The van der Waals surface area contributed by atoms with Gasteiger partial charge < -0.3 is 9.47 Å². The number of benzene rings is 2. The van der Waals surface area contributed by atoms with Crippen molar-refractivity contribution >= 4 is 10.0 Å². The van der Waals surface area contributed by atoms with Crippen molar-refractivity contribution in [2.45, 2.75) is 23.6 Å². The quantitative estimate of drug-likeness (QED) is 0.735. The van der Waals surface area contributed by atoms with Gasteiger partial charge in [0.25, 0.3) is 0 Å². The molecule has 162 valence electrons. The monoisotopic (exact) mass is 438 g/mol. The Kier molecular flexibility index (Phi) is 6.17. The molecule has 4 rings (SSSR count). The van der Waals surface area contributed by atoms with Gasteiger partial charge in [-0.25, -0.2) is 17.2 Å². The summed E-state index contributed by atoms with van der Waals surface area (Å²) in [4.78, 5) is 1.64. The zero-order valence-corrected chi connectivity index (χ0v) is 17.3. The summed E-state index contributed by atoms with van der Waals surface area (Å²) in [6.07, 6.45) is 0.708. The van der Waals surface area contributed by atoms with Crippen molar-refractivity contribution in [2.75, 3.05) is 39.4 Å². The normalized spacial score (nSPS) is 24.1. The third-order valence-corrected chi connectivity index (χ3v) is 7.26. The van der Waals surface area contributed by atoms with Crippen molar-refractivity contribution in [3.05, 3.63) is 65.7 Å². The molecule has 2 fully saturated rings. The van der Waals surface area contributed by atoms with Crippen molar-refractivity contribution in [2.24, 2.45) is 0 Å². The van der Waals surface area contributed by atoms with Gasteiger partial charge in [0.15, 0.2) is 5.79 Å². The van der Waals surface area contributed by atoms with Crippen LogP contribution < -0.4 is 0 Å². The van der Waals surface area contributed by atoms with E-state index in [0.29, 0.717) is 31.7 Å². The van der Waals surface area contributed by atoms with Crippen LogP contribution in [0.3, 0.4) is 0 Å². The zero-order chi connectivity index (χ0) is 21.2. The van der Waals surface area contributed by atoms with Gasteiger partial charge in [-0.3, -0.25) is 4.90 Å². The average molecular weight is 438 g/mol. The summed E-state index contributed by atoms with van der Waals surface area (Å²) in [5.74, 6) is -2.26. The van der Waals surface area contributed by atoms with Crippen molar-refractivity contribution in [3.63, 3.8) is 0 Å². The van der Waals surface area contributed by atoms with Crippen LogP contribution in [0.2, 0.25) is 0 Å². The molecule has 2 aliphatic rings. The minimum Gasteiger partial charge on any atom is -0.347 e. The van der Waals surface area contributed by atoms with Gasteiger partial charge >= 0.3 is 0 Å². The predicted molar refractivity (Wildman–Crippen MR) is 106 cm³/mol. The molecule has 0 saturated carbocycles. The molecule has 0 N–H and O–H groups in total. The van der Waals surface area contributed by atoms with Crippen LogP contribution in [0.15, 0.2) is 53.4 Å². The van der Waals surface area contributed by atoms with Crippen LogP contribution in [0.5, 0.6) is 0 Å². The molecule has 1 atom stereocenters. The summed E-state index contributed by atoms with van der Waals surface area (Å²) in [5.41, 5.74) is 0.557. The first-order chi connectivity index (χ1) is 14.4. The van der Waals surface area contributed by atoms with Crippen molar-refractivity contribution in [1.82, 2.24) is 9.21 Å². The minimum atomic E-state index is -4.04. The van der Waals surface area contributed by atoms with Crippen LogP contribution in [-0.4, -0.2) is 62.8 Å². The molecule has 0 amide bonds. The number of halogens is 2. The van der Waals surface area contributed by atoms with E-state index in [2.05, 4.69) is 0 Å². The Balaban J connectivity index is 1.55. The summed E-state index contributed by atoms with van der Waals surface area (Å²) < 4.78 is 67.5.